The number of anilines is 1. The maximum Gasteiger partial charge on any atom is 0.240 e. The molecule has 0 fully saturated rings. The molecule has 12 heavy (non-hydrogen) atoms. The van der Waals surface area contributed by atoms with E-state index in [4.69, 9.17) is 10.9 Å². The van der Waals surface area contributed by atoms with Crippen LogP contribution in [0, 0.1) is 6.92 Å². The van der Waals surface area contributed by atoms with Gasteiger partial charge in [0.05, 0.1) is 5.69 Å². The number of sulfonamides is 1. The first-order valence-electron chi connectivity index (χ1n) is 3.30. The summed E-state index contributed by atoms with van der Waals surface area (Å²) < 4.78 is 21.7. The summed E-state index contributed by atoms with van der Waals surface area (Å²) in [5.41, 5.74) is 6.54. The zero-order chi connectivity index (χ0) is 9.35. The van der Waals surface area contributed by atoms with Crippen LogP contribution in [0.4, 0.5) is 5.69 Å². The molecule has 0 bridgehead atoms. The summed E-state index contributed by atoms with van der Waals surface area (Å²) >= 11 is 0. The SMILES string of the molecule is Cc1ccc(S(N)(=O)=O)c(N)c1. The predicted molar refractivity (Wildman–Crippen MR) is 47.0 cm³/mol. The molecule has 0 aliphatic rings. The van der Waals surface area contributed by atoms with Crippen LogP contribution in [-0.2, 0) is 10.0 Å². The van der Waals surface area contributed by atoms with Crippen LogP contribution in [0.2, 0.25) is 0 Å². The van der Waals surface area contributed by atoms with Gasteiger partial charge in [-0.2, -0.15) is 0 Å². The van der Waals surface area contributed by atoms with E-state index in [-0.39, 0.29) is 10.6 Å². The van der Waals surface area contributed by atoms with Crippen LogP contribution in [0.3, 0.4) is 0 Å². The molecule has 4 N–H and O–H groups in total. The second-order valence-electron chi connectivity index (χ2n) is 2.59. The third-order valence-corrected chi connectivity index (χ3v) is 2.46. The number of primary sulfonamides is 1. The van der Waals surface area contributed by atoms with Gasteiger partial charge < -0.3 is 5.73 Å². The van der Waals surface area contributed by atoms with Crippen LogP contribution in [0.15, 0.2) is 23.1 Å². The molecule has 0 saturated carbocycles. The van der Waals surface area contributed by atoms with Gasteiger partial charge in [-0.25, -0.2) is 13.6 Å². The second kappa shape index (κ2) is 2.76. The van der Waals surface area contributed by atoms with Gasteiger partial charge in [0, 0.05) is 0 Å². The number of hydrogen-bond acceptors (Lipinski definition) is 3. The Hall–Kier alpha value is -1.07. The largest absolute Gasteiger partial charge is 0.398 e. The van der Waals surface area contributed by atoms with E-state index < -0.39 is 10.0 Å². The molecule has 0 saturated heterocycles. The van der Waals surface area contributed by atoms with Crippen LogP contribution in [-0.4, -0.2) is 8.42 Å². The van der Waals surface area contributed by atoms with E-state index in [0.717, 1.165) is 5.56 Å². The molecule has 0 heterocycles. The van der Waals surface area contributed by atoms with Crippen molar-refractivity contribution in [3.63, 3.8) is 0 Å². The van der Waals surface area contributed by atoms with Crippen molar-refractivity contribution in [2.75, 3.05) is 5.73 Å². The maximum absolute atomic E-state index is 10.9. The molecule has 0 radical (unpaired) electrons. The van der Waals surface area contributed by atoms with Crippen molar-refractivity contribution in [1.29, 1.82) is 0 Å². The average molecular weight is 186 g/mol. The van der Waals surface area contributed by atoms with Crippen LogP contribution < -0.4 is 10.9 Å². The van der Waals surface area contributed by atoms with Gasteiger partial charge >= 0.3 is 0 Å². The maximum atomic E-state index is 10.9. The smallest absolute Gasteiger partial charge is 0.240 e. The number of benzene rings is 1. The Bertz CT molecular complexity index is 398. The Morgan fingerprint density at radius 3 is 2.33 bits per heavy atom. The molecule has 1 rings (SSSR count). The zero-order valence-electron chi connectivity index (χ0n) is 6.61. The lowest BCUT2D eigenvalue weighted by Gasteiger charge is -2.02. The minimum absolute atomic E-state index is 0.0203. The highest BCUT2D eigenvalue weighted by molar-refractivity contribution is 7.89. The van der Waals surface area contributed by atoms with Gasteiger partial charge in [-0.1, -0.05) is 6.07 Å². The number of nitrogens with two attached hydrogens (primary N) is 2. The molecule has 66 valence electrons. The lowest BCUT2D eigenvalue weighted by molar-refractivity contribution is 0.598. The van der Waals surface area contributed by atoms with Crippen molar-refractivity contribution in [2.24, 2.45) is 5.14 Å². The molecule has 0 aliphatic heterocycles. The molecule has 0 atom stereocenters. The summed E-state index contributed by atoms with van der Waals surface area (Å²) in [7, 11) is -3.68. The monoisotopic (exact) mass is 186 g/mol. The summed E-state index contributed by atoms with van der Waals surface area (Å²) in [6.07, 6.45) is 0. The first-order valence-corrected chi connectivity index (χ1v) is 4.85. The molecule has 0 aromatic heterocycles. The predicted octanol–water partition coefficient (Wildman–Crippen LogP) is 0.225. The Morgan fingerprint density at radius 1 is 1.33 bits per heavy atom. The molecule has 0 unspecified atom stereocenters. The van der Waals surface area contributed by atoms with Gasteiger partial charge in [0.25, 0.3) is 0 Å². The Balaban J connectivity index is 3.39. The number of hydrogen-bond donors (Lipinski definition) is 2. The average Bonchev–Trinajstić information content (AvgIpc) is 1.83. The van der Waals surface area contributed by atoms with Gasteiger partial charge in [-0.3, -0.25) is 0 Å². The quantitative estimate of drug-likeness (QED) is 0.615. The van der Waals surface area contributed by atoms with E-state index in [2.05, 4.69) is 0 Å². The van der Waals surface area contributed by atoms with Gasteiger partial charge in [0.15, 0.2) is 0 Å². The van der Waals surface area contributed by atoms with Crippen LogP contribution in [0.1, 0.15) is 5.56 Å². The van der Waals surface area contributed by atoms with E-state index in [1.54, 1.807) is 12.1 Å². The second-order valence-corrected chi connectivity index (χ2v) is 4.12. The van der Waals surface area contributed by atoms with E-state index in [1.165, 1.54) is 6.07 Å². The van der Waals surface area contributed by atoms with E-state index >= 15 is 0 Å². The third-order valence-electron chi connectivity index (χ3n) is 1.47. The van der Waals surface area contributed by atoms with Crippen molar-refractivity contribution in [1.82, 2.24) is 0 Å². The first kappa shape index (κ1) is 9.02. The molecular weight excluding hydrogens is 176 g/mol. The highest BCUT2D eigenvalue weighted by Crippen LogP contribution is 2.17. The molecule has 5 heteroatoms. The standard InChI is InChI=1S/C7H10N2O2S/c1-5-2-3-7(6(8)4-5)12(9,10)11/h2-4H,8H2,1H3,(H2,9,10,11). The van der Waals surface area contributed by atoms with E-state index in [0.29, 0.717) is 0 Å². The fourth-order valence-corrected chi connectivity index (χ4v) is 1.57. The third kappa shape index (κ3) is 1.75. The van der Waals surface area contributed by atoms with Crippen molar-refractivity contribution in [3.05, 3.63) is 23.8 Å². The van der Waals surface area contributed by atoms with Gasteiger partial charge in [-0.15, -0.1) is 0 Å². The van der Waals surface area contributed by atoms with Crippen molar-refractivity contribution in [2.45, 2.75) is 11.8 Å². The summed E-state index contributed by atoms with van der Waals surface area (Å²) in [5.74, 6) is 0. The molecule has 1 aromatic rings. The van der Waals surface area contributed by atoms with E-state index in [1.807, 2.05) is 6.92 Å². The molecule has 0 amide bonds. The highest BCUT2D eigenvalue weighted by Gasteiger charge is 2.10. The Labute approximate surface area is 71.2 Å². The summed E-state index contributed by atoms with van der Waals surface area (Å²) in [4.78, 5) is -0.0203. The van der Waals surface area contributed by atoms with E-state index in [9.17, 15) is 8.42 Å². The van der Waals surface area contributed by atoms with Gasteiger partial charge in [0.1, 0.15) is 4.90 Å². The minimum Gasteiger partial charge on any atom is -0.398 e. The number of rotatable bonds is 1. The highest BCUT2D eigenvalue weighted by atomic mass is 32.2. The van der Waals surface area contributed by atoms with Crippen LogP contribution >= 0.6 is 0 Å². The molecule has 0 aliphatic carbocycles. The van der Waals surface area contributed by atoms with Crippen molar-refractivity contribution < 1.29 is 8.42 Å². The summed E-state index contributed by atoms with van der Waals surface area (Å²) in [6, 6.07) is 4.62. The van der Waals surface area contributed by atoms with Gasteiger partial charge in [-0.05, 0) is 24.6 Å². The van der Waals surface area contributed by atoms with Crippen molar-refractivity contribution >= 4 is 15.7 Å². The zero-order valence-corrected chi connectivity index (χ0v) is 7.43. The molecular formula is C7H10N2O2S. The summed E-state index contributed by atoms with van der Waals surface area (Å²) in [6.45, 7) is 1.82. The Morgan fingerprint density at radius 2 is 1.92 bits per heavy atom. The number of nitrogen functional groups attached to an aromatic ring is 1. The van der Waals surface area contributed by atoms with Gasteiger partial charge in [0.2, 0.25) is 10.0 Å². The molecule has 4 nitrogen and oxygen atoms in total. The Kier molecular flexibility index (Phi) is 2.08. The van der Waals surface area contributed by atoms with Crippen LogP contribution in [0.5, 0.6) is 0 Å². The fourth-order valence-electron chi connectivity index (χ4n) is 0.927. The minimum atomic E-state index is -3.68. The van der Waals surface area contributed by atoms with Crippen molar-refractivity contribution in [3.8, 4) is 0 Å². The number of aryl methyl sites for hydroxylation is 1. The first-order chi connectivity index (χ1) is 5.41. The van der Waals surface area contributed by atoms with Crippen LogP contribution in [0.25, 0.3) is 0 Å². The topological polar surface area (TPSA) is 86.2 Å². The normalized spacial score (nSPS) is 11.5. The molecule has 0 spiro atoms. The lowest BCUT2D eigenvalue weighted by atomic mass is 10.2. The summed E-state index contributed by atoms with van der Waals surface area (Å²) in [5, 5.41) is 4.90. The fraction of sp³-hybridized carbons (Fsp3) is 0.143. The molecule has 1 aromatic carbocycles. The lowest BCUT2D eigenvalue weighted by Crippen LogP contribution is -2.14.